The molecule has 0 saturated carbocycles. The van der Waals surface area contributed by atoms with Gasteiger partial charge in [-0.1, -0.05) is 31.6 Å². The van der Waals surface area contributed by atoms with Crippen LogP contribution in [-0.2, 0) is 14.3 Å². The zero-order valence-electron chi connectivity index (χ0n) is 10.7. The first-order valence-corrected chi connectivity index (χ1v) is 6.71. The van der Waals surface area contributed by atoms with Crippen LogP contribution in [-0.4, -0.2) is 28.7 Å². The molecular weight excluding hydrogens is 254 g/mol. The second-order valence-electron chi connectivity index (χ2n) is 3.81. The van der Waals surface area contributed by atoms with Crippen molar-refractivity contribution < 1.29 is 14.3 Å². The summed E-state index contributed by atoms with van der Waals surface area (Å²) in [6.07, 6.45) is 2.08. The number of aromatic nitrogens is 2. The zero-order chi connectivity index (χ0) is 13.5. The molecule has 1 amide bonds. The van der Waals surface area contributed by atoms with E-state index in [1.807, 2.05) is 0 Å². The largest absolute Gasteiger partial charge is 0.459 e. The summed E-state index contributed by atoms with van der Waals surface area (Å²) in [5.74, 6) is -1.42. The van der Waals surface area contributed by atoms with E-state index in [-0.39, 0.29) is 6.61 Å². The van der Waals surface area contributed by atoms with E-state index >= 15 is 0 Å². The summed E-state index contributed by atoms with van der Waals surface area (Å²) in [6.45, 7) is 5.96. The van der Waals surface area contributed by atoms with Crippen LogP contribution in [0.1, 0.15) is 44.5 Å². The third kappa shape index (κ3) is 4.06. The van der Waals surface area contributed by atoms with E-state index in [4.69, 9.17) is 0 Å². The highest BCUT2D eigenvalue weighted by atomic mass is 32.1. The van der Waals surface area contributed by atoms with Gasteiger partial charge < -0.3 is 4.74 Å². The Labute approximate surface area is 110 Å². The van der Waals surface area contributed by atoms with Gasteiger partial charge in [0.25, 0.3) is 0 Å². The lowest BCUT2D eigenvalue weighted by Crippen LogP contribution is -2.24. The Bertz CT molecular complexity index is 419. The van der Waals surface area contributed by atoms with Crippen LogP contribution in [0.3, 0.4) is 0 Å². The molecule has 1 aromatic heterocycles. The third-order valence-corrected chi connectivity index (χ3v) is 3.34. The Balaban J connectivity index is 2.58. The highest BCUT2D eigenvalue weighted by Gasteiger charge is 2.18. The van der Waals surface area contributed by atoms with Gasteiger partial charge in [0.2, 0.25) is 5.13 Å². The number of nitrogens with zero attached hydrogens (tertiary/aromatic N) is 2. The normalized spacial score (nSPS) is 11.9. The number of carbonyl (C=O) groups is 2. The monoisotopic (exact) mass is 271 g/mol. The van der Waals surface area contributed by atoms with Crippen molar-refractivity contribution in [3.05, 3.63) is 5.01 Å². The summed E-state index contributed by atoms with van der Waals surface area (Å²) in [5.41, 5.74) is 0. The van der Waals surface area contributed by atoms with Crippen LogP contribution in [0.25, 0.3) is 0 Å². The highest BCUT2D eigenvalue weighted by molar-refractivity contribution is 7.15. The number of nitrogens with one attached hydrogen (secondary N) is 1. The molecule has 0 unspecified atom stereocenters. The lowest BCUT2D eigenvalue weighted by Gasteiger charge is -2.03. The smallest absolute Gasteiger partial charge is 0.397 e. The Morgan fingerprint density at radius 3 is 2.72 bits per heavy atom. The van der Waals surface area contributed by atoms with Crippen molar-refractivity contribution in [1.82, 2.24) is 10.2 Å². The number of amides is 1. The number of esters is 1. The minimum Gasteiger partial charge on any atom is -0.459 e. The van der Waals surface area contributed by atoms with Crippen molar-refractivity contribution in [2.24, 2.45) is 0 Å². The third-order valence-electron chi connectivity index (χ3n) is 2.27. The van der Waals surface area contributed by atoms with E-state index in [9.17, 15) is 9.59 Å². The van der Waals surface area contributed by atoms with Gasteiger partial charge in [-0.2, -0.15) is 0 Å². The standard InChI is InChI=1S/C11H17N3O3S/c1-4-6-7(3)9-13-14-11(18-9)12-8(15)10(16)17-5-2/h7H,4-6H2,1-3H3,(H,12,14,15)/t7-/m0/s1. The topological polar surface area (TPSA) is 81.2 Å². The summed E-state index contributed by atoms with van der Waals surface area (Å²) < 4.78 is 4.57. The molecule has 1 heterocycles. The molecular formula is C11H17N3O3S. The van der Waals surface area contributed by atoms with Gasteiger partial charge in [0.15, 0.2) is 0 Å². The van der Waals surface area contributed by atoms with Crippen molar-refractivity contribution in [2.75, 3.05) is 11.9 Å². The fourth-order valence-electron chi connectivity index (χ4n) is 1.39. The Hall–Kier alpha value is -1.50. The molecule has 0 aliphatic carbocycles. The molecule has 0 saturated heterocycles. The van der Waals surface area contributed by atoms with Crippen molar-refractivity contribution >= 4 is 28.3 Å². The van der Waals surface area contributed by atoms with Gasteiger partial charge in [0, 0.05) is 5.92 Å². The number of rotatable bonds is 5. The number of carbonyl (C=O) groups excluding carboxylic acids is 2. The SMILES string of the molecule is CCC[C@H](C)c1nnc(NC(=O)C(=O)OCC)s1. The molecule has 0 aromatic carbocycles. The predicted octanol–water partition coefficient (Wildman–Crippen LogP) is 1.94. The van der Waals surface area contributed by atoms with E-state index in [0.717, 1.165) is 17.8 Å². The average Bonchev–Trinajstić information content (AvgIpc) is 2.78. The van der Waals surface area contributed by atoms with Gasteiger partial charge in [-0.25, -0.2) is 4.79 Å². The zero-order valence-corrected chi connectivity index (χ0v) is 11.5. The van der Waals surface area contributed by atoms with Crippen LogP contribution in [0.5, 0.6) is 0 Å². The molecule has 6 nitrogen and oxygen atoms in total. The minimum atomic E-state index is -0.907. The quantitative estimate of drug-likeness (QED) is 0.654. The summed E-state index contributed by atoms with van der Waals surface area (Å²) >= 11 is 1.28. The van der Waals surface area contributed by atoms with Crippen LogP contribution < -0.4 is 5.32 Å². The Kier molecular flexibility index (Phi) is 5.70. The molecule has 1 N–H and O–H groups in total. The average molecular weight is 271 g/mol. The second-order valence-corrected chi connectivity index (χ2v) is 4.82. The van der Waals surface area contributed by atoms with Crippen LogP contribution in [0.15, 0.2) is 0 Å². The summed E-state index contributed by atoms with van der Waals surface area (Å²) in [6, 6.07) is 0. The predicted molar refractivity (Wildman–Crippen MR) is 68.5 cm³/mol. The molecule has 0 bridgehead atoms. The van der Waals surface area contributed by atoms with Crippen molar-refractivity contribution in [3.63, 3.8) is 0 Å². The fourth-order valence-corrected chi connectivity index (χ4v) is 2.21. The molecule has 0 fully saturated rings. The fraction of sp³-hybridized carbons (Fsp3) is 0.636. The van der Waals surface area contributed by atoms with Crippen molar-refractivity contribution in [2.45, 2.75) is 39.5 Å². The number of ether oxygens (including phenoxy) is 1. The van der Waals surface area contributed by atoms with Crippen LogP contribution >= 0.6 is 11.3 Å². The minimum absolute atomic E-state index is 0.168. The second kappa shape index (κ2) is 7.05. The van der Waals surface area contributed by atoms with Crippen molar-refractivity contribution in [1.29, 1.82) is 0 Å². The molecule has 7 heteroatoms. The van der Waals surface area contributed by atoms with Crippen LogP contribution in [0.2, 0.25) is 0 Å². The van der Waals surface area contributed by atoms with Gasteiger partial charge in [-0.15, -0.1) is 10.2 Å². The lowest BCUT2D eigenvalue weighted by atomic mass is 10.1. The van der Waals surface area contributed by atoms with E-state index in [0.29, 0.717) is 11.0 Å². The Morgan fingerprint density at radius 1 is 1.39 bits per heavy atom. The molecule has 0 aliphatic rings. The molecule has 0 spiro atoms. The summed E-state index contributed by atoms with van der Waals surface area (Å²) in [7, 11) is 0. The highest BCUT2D eigenvalue weighted by Crippen LogP contribution is 2.26. The van der Waals surface area contributed by atoms with E-state index in [1.165, 1.54) is 11.3 Å². The van der Waals surface area contributed by atoms with Crippen LogP contribution in [0.4, 0.5) is 5.13 Å². The first-order chi connectivity index (χ1) is 8.58. The number of hydrogen-bond donors (Lipinski definition) is 1. The maximum Gasteiger partial charge on any atom is 0.397 e. The first-order valence-electron chi connectivity index (χ1n) is 5.89. The number of anilines is 1. The molecule has 1 atom stereocenters. The van der Waals surface area contributed by atoms with E-state index in [1.54, 1.807) is 6.92 Å². The van der Waals surface area contributed by atoms with Crippen LogP contribution in [0, 0.1) is 0 Å². The Morgan fingerprint density at radius 2 is 2.11 bits per heavy atom. The molecule has 0 radical (unpaired) electrons. The van der Waals surface area contributed by atoms with Gasteiger partial charge in [0.1, 0.15) is 5.01 Å². The van der Waals surface area contributed by atoms with Gasteiger partial charge in [0.05, 0.1) is 6.61 Å². The van der Waals surface area contributed by atoms with Gasteiger partial charge in [-0.3, -0.25) is 10.1 Å². The molecule has 1 rings (SSSR count). The molecule has 0 aliphatic heterocycles. The maximum atomic E-state index is 11.4. The summed E-state index contributed by atoms with van der Waals surface area (Å²) in [5, 5.41) is 11.4. The number of hydrogen-bond acceptors (Lipinski definition) is 6. The summed E-state index contributed by atoms with van der Waals surface area (Å²) in [4.78, 5) is 22.5. The molecule has 18 heavy (non-hydrogen) atoms. The maximum absolute atomic E-state index is 11.4. The van der Waals surface area contributed by atoms with Crippen molar-refractivity contribution in [3.8, 4) is 0 Å². The van der Waals surface area contributed by atoms with E-state index in [2.05, 4.69) is 34.1 Å². The van der Waals surface area contributed by atoms with Gasteiger partial charge in [-0.05, 0) is 13.3 Å². The van der Waals surface area contributed by atoms with Gasteiger partial charge >= 0.3 is 11.9 Å². The first kappa shape index (κ1) is 14.6. The molecule has 100 valence electrons. The molecule has 1 aromatic rings. The lowest BCUT2D eigenvalue weighted by molar-refractivity contribution is -0.152. The van der Waals surface area contributed by atoms with E-state index < -0.39 is 11.9 Å².